The summed E-state index contributed by atoms with van der Waals surface area (Å²) in [5.41, 5.74) is 6.54. The number of anilines is 1. The van der Waals surface area contributed by atoms with Crippen LogP contribution in [0.25, 0.3) is 0 Å². The van der Waals surface area contributed by atoms with Gasteiger partial charge in [-0.1, -0.05) is 6.42 Å². The van der Waals surface area contributed by atoms with Crippen molar-refractivity contribution in [3.8, 4) is 5.88 Å². The number of nitrogens with two attached hydrogens (primary N) is 1. The topological polar surface area (TPSA) is 57.4 Å². The van der Waals surface area contributed by atoms with Crippen molar-refractivity contribution in [2.75, 3.05) is 26.1 Å². The Balaban J connectivity index is 1.85. The van der Waals surface area contributed by atoms with Crippen molar-refractivity contribution in [2.24, 2.45) is 5.41 Å². The van der Waals surface area contributed by atoms with E-state index in [9.17, 15) is 0 Å². The van der Waals surface area contributed by atoms with Gasteiger partial charge in [0.15, 0.2) is 0 Å². The Morgan fingerprint density at radius 3 is 2.76 bits per heavy atom. The second-order valence-electron chi connectivity index (χ2n) is 4.81. The molecule has 1 aliphatic carbocycles. The molecule has 0 amide bonds. The zero-order valence-electron chi connectivity index (χ0n) is 10.3. The number of nitrogens with zero attached hydrogens (tertiary/aromatic N) is 1. The van der Waals surface area contributed by atoms with Gasteiger partial charge in [0.2, 0.25) is 5.88 Å². The molecule has 17 heavy (non-hydrogen) atoms. The zero-order valence-corrected chi connectivity index (χ0v) is 10.3. The highest BCUT2D eigenvalue weighted by Gasteiger charge is 2.37. The van der Waals surface area contributed by atoms with Crippen LogP contribution in [0.4, 0.5) is 5.69 Å². The molecule has 1 heterocycles. The zero-order chi connectivity index (χ0) is 12.1. The summed E-state index contributed by atoms with van der Waals surface area (Å²) < 4.78 is 10.9. The van der Waals surface area contributed by atoms with Gasteiger partial charge >= 0.3 is 0 Å². The van der Waals surface area contributed by atoms with Crippen molar-refractivity contribution in [3.05, 3.63) is 18.3 Å². The SMILES string of the molecule is COCCC1(COc2ccc(N)cn2)CCC1. The molecule has 1 aliphatic rings. The molecular weight excluding hydrogens is 216 g/mol. The fraction of sp³-hybridized carbons (Fsp3) is 0.615. The van der Waals surface area contributed by atoms with E-state index in [0.717, 1.165) is 19.6 Å². The minimum Gasteiger partial charge on any atom is -0.477 e. The molecule has 0 bridgehead atoms. The summed E-state index contributed by atoms with van der Waals surface area (Å²) in [6.45, 7) is 1.53. The van der Waals surface area contributed by atoms with E-state index in [2.05, 4.69) is 4.98 Å². The average Bonchev–Trinajstić information content (AvgIpc) is 2.30. The molecule has 0 spiro atoms. The Bertz CT molecular complexity index is 347. The largest absolute Gasteiger partial charge is 0.477 e. The summed E-state index contributed by atoms with van der Waals surface area (Å²) >= 11 is 0. The first-order valence-electron chi connectivity index (χ1n) is 6.07. The number of methoxy groups -OCH3 is 1. The van der Waals surface area contributed by atoms with Crippen LogP contribution in [-0.4, -0.2) is 25.3 Å². The van der Waals surface area contributed by atoms with Gasteiger partial charge in [0.1, 0.15) is 0 Å². The molecular formula is C13H20N2O2. The van der Waals surface area contributed by atoms with Gasteiger partial charge in [-0.3, -0.25) is 0 Å². The van der Waals surface area contributed by atoms with Crippen LogP contribution < -0.4 is 10.5 Å². The fourth-order valence-electron chi connectivity index (χ4n) is 2.17. The highest BCUT2D eigenvalue weighted by atomic mass is 16.5. The van der Waals surface area contributed by atoms with E-state index >= 15 is 0 Å². The monoisotopic (exact) mass is 236 g/mol. The third kappa shape index (κ3) is 3.09. The Morgan fingerprint density at radius 1 is 1.41 bits per heavy atom. The van der Waals surface area contributed by atoms with Crippen molar-refractivity contribution in [1.29, 1.82) is 0 Å². The molecule has 1 aromatic rings. The Hall–Kier alpha value is -1.29. The first-order chi connectivity index (χ1) is 8.24. The lowest BCUT2D eigenvalue weighted by atomic mass is 9.67. The van der Waals surface area contributed by atoms with Crippen molar-refractivity contribution in [1.82, 2.24) is 4.98 Å². The summed E-state index contributed by atoms with van der Waals surface area (Å²) in [6, 6.07) is 3.63. The van der Waals surface area contributed by atoms with Crippen molar-refractivity contribution in [2.45, 2.75) is 25.7 Å². The maximum absolute atomic E-state index is 5.74. The number of rotatable bonds is 6. The van der Waals surface area contributed by atoms with Crippen LogP contribution >= 0.6 is 0 Å². The van der Waals surface area contributed by atoms with Crippen molar-refractivity contribution >= 4 is 5.69 Å². The average molecular weight is 236 g/mol. The van der Waals surface area contributed by atoms with E-state index in [1.54, 1.807) is 13.3 Å². The van der Waals surface area contributed by atoms with Gasteiger partial charge < -0.3 is 15.2 Å². The summed E-state index contributed by atoms with van der Waals surface area (Å²) in [6.07, 6.45) is 6.44. The number of ether oxygens (including phenoxy) is 2. The molecule has 2 N–H and O–H groups in total. The van der Waals surface area contributed by atoms with Crippen LogP contribution in [0, 0.1) is 5.41 Å². The van der Waals surface area contributed by atoms with Crippen LogP contribution in [0.5, 0.6) is 5.88 Å². The molecule has 0 saturated heterocycles. The lowest BCUT2D eigenvalue weighted by Gasteiger charge is -2.41. The summed E-state index contributed by atoms with van der Waals surface area (Å²) in [5.74, 6) is 0.655. The lowest BCUT2D eigenvalue weighted by Crippen LogP contribution is -2.36. The Kier molecular flexibility index (Phi) is 3.84. The summed E-state index contributed by atoms with van der Waals surface area (Å²) in [7, 11) is 1.74. The van der Waals surface area contributed by atoms with Crippen LogP contribution in [0.2, 0.25) is 0 Å². The second kappa shape index (κ2) is 5.36. The summed E-state index contributed by atoms with van der Waals surface area (Å²) in [4.78, 5) is 4.14. The van der Waals surface area contributed by atoms with Crippen molar-refractivity contribution < 1.29 is 9.47 Å². The van der Waals surface area contributed by atoms with E-state index in [1.165, 1.54) is 19.3 Å². The molecule has 0 atom stereocenters. The molecule has 1 saturated carbocycles. The molecule has 4 nitrogen and oxygen atoms in total. The number of aromatic nitrogens is 1. The van der Waals surface area contributed by atoms with Crippen LogP contribution in [0.15, 0.2) is 18.3 Å². The molecule has 94 valence electrons. The maximum atomic E-state index is 5.74. The molecule has 1 fully saturated rings. The van der Waals surface area contributed by atoms with Crippen LogP contribution in [-0.2, 0) is 4.74 Å². The second-order valence-corrected chi connectivity index (χ2v) is 4.81. The first kappa shape index (κ1) is 12.2. The lowest BCUT2D eigenvalue weighted by molar-refractivity contribution is 0.0210. The Labute approximate surface area is 102 Å². The quantitative estimate of drug-likeness (QED) is 0.823. The molecule has 0 unspecified atom stereocenters. The van der Waals surface area contributed by atoms with Crippen LogP contribution in [0.3, 0.4) is 0 Å². The number of nitrogen functional groups attached to an aromatic ring is 1. The number of pyridine rings is 1. The van der Waals surface area contributed by atoms with E-state index in [-0.39, 0.29) is 0 Å². The highest BCUT2D eigenvalue weighted by Crippen LogP contribution is 2.44. The molecule has 4 heteroatoms. The highest BCUT2D eigenvalue weighted by molar-refractivity contribution is 5.35. The van der Waals surface area contributed by atoms with E-state index in [0.29, 0.717) is 17.0 Å². The summed E-state index contributed by atoms with van der Waals surface area (Å²) in [5, 5.41) is 0. The predicted octanol–water partition coefficient (Wildman–Crippen LogP) is 2.25. The Morgan fingerprint density at radius 2 is 2.24 bits per heavy atom. The maximum Gasteiger partial charge on any atom is 0.213 e. The van der Waals surface area contributed by atoms with Crippen molar-refractivity contribution in [3.63, 3.8) is 0 Å². The molecule has 0 aromatic carbocycles. The van der Waals surface area contributed by atoms with E-state index < -0.39 is 0 Å². The third-order valence-electron chi connectivity index (χ3n) is 3.54. The smallest absolute Gasteiger partial charge is 0.213 e. The predicted molar refractivity (Wildman–Crippen MR) is 66.9 cm³/mol. The van der Waals surface area contributed by atoms with E-state index in [1.807, 2.05) is 12.1 Å². The van der Waals surface area contributed by atoms with Gasteiger partial charge in [0.25, 0.3) is 0 Å². The molecule has 2 rings (SSSR count). The van der Waals surface area contributed by atoms with Gasteiger partial charge in [0, 0.05) is 25.2 Å². The molecule has 0 aliphatic heterocycles. The van der Waals surface area contributed by atoms with E-state index in [4.69, 9.17) is 15.2 Å². The molecule has 1 aromatic heterocycles. The normalized spacial score (nSPS) is 17.5. The van der Waals surface area contributed by atoms with Gasteiger partial charge in [-0.05, 0) is 25.3 Å². The minimum atomic E-state index is 0.305. The molecule has 0 radical (unpaired) electrons. The third-order valence-corrected chi connectivity index (χ3v) is 3.54. The fourth-order valence-corrected chi connectivity index (χ4v) is 2.17. The van der Waals surface area contributed by atoms with Gasteiger partial charge in [0.05, 0.1) is 18.5 Å². The number of hydrogen-bond donors (Lipinski definition) is 1. The first-order valence-corrected chi connectivity index (χ1v) is 6.07. The standard InChI is InChI=1S/C13H20N2O2/c1-16-8-7-13(5-2-6-13)10-17-12-4-3-11(14)9-15-12/h3-4,9H,2,5-8,10,14H2,1H3. The minimum absolute atomic E-state index is 0.305. The van der Waals surface area contributed by atoms with Gasteiger partial charge in [-0.2, -0.15) is 0 Å². The van der Waals surface area contributed by atoms with Gasteiger partial charge in [-0.25, -0.2) is 4.98 Å². The number of hydrogen-bond acceptors (Lipinski definition) is 4. The van der Waals surface area contributed by atoms with Gasteiger partial charge in [-0.15, -0.1) is 0 Å². The van der Waals surface area contributed by atoms with Crippen LogP contribution in [0.1, 0.15) is 25.7 Å².